The molecule has 8 heteroatoms. The van der Waals surface area contributed by atoms with Crippen LogP contribution in [0.2, 0.25) is 0 Å². The molecule has 166 valence electrons. The van der Waals surface area contributed by atoms with Crippen molar-refractivity contribution in [1.29, 1.82) is 0 Å². The van der Waals surface area contributed by atoms with Crippen molar-refractivity contribution in [3.63, 3.8) is 0 Å². The van der Waals surface area contributed by atoms with Gasteiger partial charge in [-0.2, -0.15) is 0 Å². The topological polar surface area (TPSA) is 127 Å². The van der Waals surface area contributed by atoms with E-state index in [4.69, 9.17) is 16.7 Å². The van der Waals surface area contributed by atoms with E-state index in [1.807, 2.05) is 0 Å². The number of rotatable bonds is 7. The van der Waals surface area contributed by atoms with Crippen LogP contribution in [0.25, 0.3) is 11.1 Å². The molecule has 9 N–H and O–H groups in total. The number of benzene rings is 2. The van der Waals surface area contributed by atoms with Crippen LogP contribution in [0.3, 0.4) is 0 Å². The molecule has 2 fully saturated rings. The summed E-state index contributed by atoms with van der Waals surface area (Å²) in [5, 5.41) is 17.1. The molecular formula is C23H33N7S. The predicted molar refractivity (Wildman–Crippen MR) is 129 cm³/mol. The molecular weight excluding hydrogens is 406 g/mol. The minimum Gasteiger partial charge on any atom is -0.382 e. The fraction of sp³-hybridized carbons (Fsp3) is 0.435. The molecule has 0 aliphatic carbocycles. The van der Waals surface area contributed by atoms with Gasteiger partial charge in [-0.1, -0.05) is 36.4 Å². The molecule has 2 saturated heterocycles. The lowest BCUT2D eigenvalue weighted by Crippen LogP contribution is -2.29. The second-order valence-electron chi connectivity index (χ2n) is 8.43. The molecule has 4 rings (SSSR count). The largest absolute Gasteiger partial charge is 0.382 e. The zero-order chi connectivity index (χ0) is 21.6. The van der Waals surface area contributed by atoms with Gasteiger partial charge >= 0.3 is 0 Å². The van der Waals surface area contributed by atoms with E-state index in [9.17, 15) is 0 Å². The third-order valence-electron chi connectivity index (χ3n) is 6.52. The van der Waals surface area contributed by atoms with E-state index in [-0.39, 0.29) is 0 Å². The van der Waals surface area contributed by atoms with Gasteiger partial charge in [0.2, 0.25) is 0 Å². The van der Waals surface area contributed by atoms with Crippen LogP contribution in [-0.4, -0.2) is 32.0 Å². The second-order valence-corrected chi connectivity index (χ2v) is 9.07. The maximum Gasteiger partial charge on any atom is 0.153 e. The molecule has 2 aromatic rings. The number of nitrogens with one attached hydrogen (secondary N) is 3. The highest BCUT2D eigenvalue weighted by Crippen LogP contribution is 2.35. The summed E-state index contributed by atoms with van der Waals surface area (Å²) in [6, 6.07) is 13.2. The van der Waals surface area contributed by atoms with Crippen LogP contribution < -0.4 is 32.9 Å². The van der Waals surface area contributed by atoms with Crippen molar-refractivity contribution in [3.05, 3.63) is 53.1 Å². The Bertz CT molecular complexity index is 901. The second kappa shape index (κ2) is 10.5. The summed E-state index contributed by atoms with van der Waals surface area (Å²) >= 11 is 1.24. The Morgan fingerprint density at radius 2 is 1.77 bits per heavy atom. The molecule has 7 nitrogen and oxygen atoms in total. The van der Waals surface area contributed by atoms with Crippen LogP contribution in [0.4, 0.5) is 0 Å². The van der Waals surface area contributed by atoms with E-state index in [1.54, 1.807) is 0 Å². The quantitative estimate of drug-likeness (QED) is 0.128. The number of hydrogen-bond acceptors (Lipinski definition) is 7. The van der Waals surface area contributed by atoms with Gasteiger partial charge in [-0.15, -0.1) is 5.10 Å². The third kappa shape index (κ3) is 5.05. The summed E-state index contributed by atoms with van der Waals surface area (Å²) in [5.74, 6) is 7.04. The zero-order valence-electron chi connectivity index (χ0n) is 17.9. The number of amidine groups is 1. The van der Waals surface area contributed by atoms with Crippen LogP contribution in [0, 0.1) is 5.92 Å². The third-order valence-corrected chi connectivity index (χ3v) is 7.22. The van der Waals surface area contributed by atoms with Gasteiger partial charge in [0.05, 0.1) is 0 Å². The van der Waals surface area contributed by atoms with Gasteiger partial charge in [-0.05, 0) is 91.4 Å². The molecule has 0 saturated carbocycles. The molecule has 1 unspecified atom stereocenters. The minimum atomic E-state index is 0.349. The summed E-state index contributed by atoms with van der Waals surface area (Å²) in [4.78, 5) is 0.983. The van der Waals surface area contributed by atoms with Gasteiger partial charge in [0.1, 0.15) is 0 Å². The van der Waals surface area contributed by atoms with Crippen LogP contribution in [0.5, 0.6) is 0 Å². The Labute approximate surface area is 188 Å². The maximum atomic E-state index is 6.37. The minimum absolute atomic E-state index is 0.349. The standard InChI is InChI=1S/C23H33N7S/c24-23(29-30-25)21-20(17-3-1-16(2-4-17)19-9-12-28-14-19)6-5-18(22(21)31-26)13-15-7-10-27-11-8-15/h1-6,15,19,27-28,30H,7-14,25-26H2,(H2,24,29). The number of nitrogens with zero attached hydrogens (tertiary/aromatic N) is 1. The van der Waals surface area contributed by atoms with E-state index in [0.717, 1.165) is 54.2 Å². The van der Waals surface area contributed by atoms with E-state index in [2.05, 4.69) is 57.7 Å². The van der Waals surface area contributed by atoms with Crippen molar-refractivity contribution in [2.24, 2.45) is 27.7 Å². The molecule has 2 aromatic carbocycles. The molecule has 2 aliphatic rings. The van der Waals surface area contributed by atoms with Gasteiger partial charge in [-0.3, -0.25) is 5.14 Å². The van der Waals surface area contributed by atoms with E-state index in [0.29, 0.717) is 17.7 Å². The van der Waals surface area contributed by atoms with Crippen LogP contribution in [-0.2, 0) is 6.42 Å². The van der Waals surface area contributed by atoms with Gasteiger partial charge < -0.3 is 16.4 Å². The lowest BCUT2D eigenvalue weighted by molar-refractivity contribution is 0.371. The van der Waals surface area contributed by atoms with E-state index < -0.39 is 0 Å². The van der Waals surface area contributed by atoms with Gasteiger partial charge in [-0.25, -0.2) is 11.4 Å². The Kier molecular flexibility index (Phi) is 7.47. The highest BCUT2D eigenvalue weighted by Gasteiger charge is 2.22. The average molecular weight is 440 g/mol. The van der Waals surface area contributed by atoms with Gasteiger partial charge in [0.25, 0.3) is 0 Å². The maximum absolute atomic E-state index is 6.37. The fourth-order valence-corrected chi connectivity index (χ4v) is 5.45. The Morgan fingerprint density at radius 3 is 2.42 bits per heavy atom. The first-order chi connectivity index (χ1) is 15.2. The Morgan fingerprint density at radius 1 is 1.03 bits per heavy atom. The molecule has 0 amide bonds. The average Bonchev–Trinajstić information content (AvgIpc) is 3.35. The lowest BCUT2D eigenvalue weighted by atomic mass is 9.88. The van der Waals surface area contributed by atoms with E-state index >= 15 is 0 Å². The molecule has 2 aliphatic heterocycles. The van der Waals surface area contributed by atoms with Gasteiger partial charge in [0, 0.05) is 17.0 Å². The van der Waals surface area contributed by atoms with E-state index in [1.165, 1.54) is 42.3 Å². The molecule has 0 radical (unpaired) electrons. The molecule has 31 heavy (non-hydrogen) atoms. The Hall–Kier alpha value is -2.10. The summed E-state index contributed by atoms with van der Waals surface area (Å²) in [6.07, 6.45) is 4.53. The van der Waals surface area contributed by atoms with Crippen LogP contribution in [0.15, 0.2) is 46.4 Å². The van der Waals surface area contributed by atoms with Crippen molar-refractivity contribution in [2.45, 2.75) is 36.5 Å². The van der Waals surface area contributed by atoms with Crippen molar-refractivity contribution >= 4 is 17.8 Å². The number of hydrazone groups is 1. The van der Waals surface area contributed by atoms with Crippen molar-refractivity contribution in [1.82, 2.24) is 16.2 Å². The predicted octanol–water partition coefficient (Wildman–Crippen LogP) is 2.02. The van der Waals surface area contributed by atoms with Crippen molar-refractivity contribution in [3.8, 4) is 11.1 Å². The van der Waals surface area contributed by atoms with Crippen molar-refractivity contribution in [2.75, 3.05) is 26.2 Å². The SMILES string of the molecule is NN/N=C(\N)c1c(-c2ccc(C3CCNC3)cc2)ccc(CC2CCNCC2)c1SN. The molecule has 2 heterocycles. The van der Waals surface area contributed by atoms with Crippen molar-refractivity contribution < 1.29 is 0 Å². The zero-order valence-corrected chi connectivity index (χ0v) is 18.7. The first kappa shape index (κ1) is 22.1. The van der Waals surface area contributed by atoms with Gasteiger partial charge in [0.15, 0.2) is 5.84 Å². The molecule has 0 spiro atoms. The fourth-order valence-electron chi connectivity index (χ4n) is 4.81. The summed E-state index contributed by atoms with van der Waals surface area (Å²) in [6.45, 7) is 4.28. The Balaban J connectivity index is 1.71. The molecule has 0 aromatic heterocycles. The van der Waals surface area contributed by atoms with Crippen LogP contribution in [0.1, 0.15) is 41.9 Å². The first-order valence-electron chi connectivity index (χ1n) is 11.0. The highest BCUT2D eigenvalue weighted by molar-refractivity contribution is 7.97. The first-order valence-corrected chi connectivity index (χ1v) is 11.9. The summed E-state index contributed by atoms with van der Waals surface area (Å²) in [7, 11) is 0. The number of nitrogens with two attached hydrogens (primary N) is 3. The normalized spacial score (nSPS) is 20.2. The number of piperidine rings is 1. The molecule has 0 bridgehead atoms. The number of hydrazine groups is 1. The monoisotopic (exact) mass is 439 g/mol. The highest BCUT2D eigenvalue weighted by atomic mass is 32.2. The molecule has 1 atom stereocenters. The van der Waals surface area contributed by atoms with Crippen LogP contribution >= 0.6 is 11.9 Å². The number of hydrogen-bond donors (Lipinski definition) is 6. The smallest absolute Gasteiger partial charge is 0.153 e. The summed E-state index contributed by atoms with van der Waals surface area (Å²) < 4.78 is 0. The summed E-state index contributed by atoms with van der Waals surface area (Å²) in [5.41, 5.74) is 14.3. The lowest BCUT2D eigenvalue weighted by Gasteiger charge is -2.24.